The summed E-state index contributed by atoms with van der Waals surface area (Å²) in [6, 6.07) is 13.6. The normalized spacial score (nSPS) is 10.2. The number of hydrogen-bond acceptors (Lipinski definition) is 6. The van der Waals surface area contributed by atoms with Gasteiger partial charge in [-0.15, -0.1) is 0 Å². The number of para-hydroxylation sites is 1. The molecule has 3 aromatic rings. The van der Waals surface area contributed by atoms with E-state index in [2.05, 4.69) is 20.6 Å². The summed E-state index contributed by atoms with van der Waals surface area (Å²) in [5.41, 5.74) is 2.49. The number of amides is 1. The van der Waals surface area contributed by atoms with Gasteiger partial charge in [-0.05, 0) is 36.8 Å². The molecule has 7 nitrogen and oxygen atoms in total. The highest BCUT2D eigenvalue weighted by molar-refractivity contribution is 6.31. The second-order valence-corrected chi connectivity index (χ2v) is 6.28. The molecule has 0 aliphatic heterocycles. The maximum absolute atomic E-state index is 12.5. The van der Waals surface area contributed by atoms with Crippen molar-refractivity contribution in [3.63, 3.8) is 0 Å². The molecule has 0 aliphatic carbocycles. The number of rotatable bonds is 5. The van der Waals surface area contributed by atoms with Crippen LogP contribution in [-0.4, -0.2) is 29.0 Å². The lowest BCUT2D eigenvalue weighted by Crippen LogP contribution is -2.14. The van der Waals surface area contributed by atoms with E-state index in [-0.39, 0.29) is 5.69 Å². The van der Waals surface area contributed by atoms with Crippen LogP contribution in [-0.2, 0) is 4.74 Å². The average Bonchev–Trinajstić information content (AvgIpc) is 2.71. The van der Waals surface area contributed by atoms with Gasteiger partial charge >= 0.3 is 5.97 Å². The smallest absolute Gasteiger partial charge is 0.339 e. The number of benzene rings is 2. The highest BCUT2D eigenvalue weighted by atomic mass is 35.5. The van der Waals surface area contributed by atoms with E-state index >= 15 is 0 Å². The van der Waals surface area contributed by atoms with Crippen molar-refractivity contribution in [1.82, 2.24) is 9.97 Å². The maximum atomic E-state index is 12.5. The molecular formula is C20H17ClN4O3. The van der Waals surface area contributed by atoms with Crippen molar-refractivity contribution in [2.24, 2.45) is 0 Å². The van der Waals surface area contributed by atoms with E-state index in [1.165, 1.54) is 19.5 Å². The van der Waals surface area contributed by atoms with Crippen molar-refractivity contribution < 1.29 is 14.3 Å². The Morgan fingerprint density at radius 1 is 1.07 bits per heavy atom. The Balaban J connectivity index is 1.80. The Kier molecular flexibility index (Phi) is 5.86. The summed E-state index contributed by atoms with van der Waals surface area (Å²) in [6.45, 7) is 1.88. The van der Waals surface area contributed by atoms with Crippen LogP contribution in [0.15, 0.2) is 54.9 Å². The molecule has 0 saturated carbocycles. The zero-order valence-electron chi connectivity index (χ0n) is 15.2. The van der Waals surface area contributed by atoms with Gasteiger partial charge in [0.05, 0.1) is 18.4 Å². The maximum Gasteiger partial charge on any atom is 0.339 e. The van der Waals surface area contributed by atoms with Crippen LogP contribution in [0, 0.1) is 6.92 Å². The van der Waals surface area contributed by atoms with Crippen molar-refractivity contribution in [3.8, 4) is 0 Å². The van der Waals surface area contributed by atoms with E-state index in [1.54, 1.807) is 36.4 Å². The second kappa shape index (κ2) is 8.49. The highest BCUT2D eigenvalue weighted by Gasteiger charge is 2.14. The predicted molar refractivity (Wildman–Crippen MR) is 107 cm³/mol. The molecule has 0 atom stereocenters. The molecule has 0 fully saturated rings. The molecule has 0 radical (unpaired) electrons. The minimum Gasteiger partial charge on any atom is -0.465 e. The summed E-state index contributed by atoms with van der Waals surface area (Å²) >= 11 is 6.09. The first-order valence-electron chi connectivity index (χ1n) is 8.32. The third kappa shape index (κ3) is 4.44. The van der Waals surface area contributed by atoms with Crippen LogP contribution in [0.5, 0.6) is 0 Å². The van der Waals surface area contributed by atoms with Gasteiger partial charge in [-0.3, -0.25) is 4.79 Å². The minimum absolute atomic E-state index is 0.157. The molecule has 0 unspecified atom stereocenters. The lowest BCUT2D eigenvalue weighted by molar-refractivity contribution is 0.0601. The summed E-state index contributed by atoms with van der Waals surface area (Å²) in [5.74, 6) is -0.531. The fraction of sp³-hybridized carbons (Fsp3) is 0.100. The number of anilines is 3. The first-order chi connectivity index (χ1) is 13.5. The molecule has 1 aromatic heterocycles. The first-order valence-corrected chi connectivity index (χ1v) is 8.69. The van der Waals surface area contributed by atoms with Crippen LogP contribution in [0.2, 0.25) is 5.02 Å². The first kappa shape index (κ1) is 19.3. The van der Waals surface area contributed by atoms with Gasteiger partial charge in [0.1, 0.15) is 17.8 Å². The van der Waals surface area contributed by atoms with Crippen molar-refractivity contribution in [2.45, 2.75) is 6.92 Å². The van der Waals surface area contributed by atoms with Crippen LogP contribution >= 0.6 is 11.6 Å². The van der Waals surface area contributed by atoms with Gasteiger partial charge in [-0.1, -0.05) is 29.8 Å². The highest BCUT2D eigenvalue weighted by Crippen LogP contribution is 2.22. The number of carbonyl (C=O) groups excluding carboxylic acids is 2. The summed E-state index contributed by atoms with van der Waals surface area (Å²) in [6.07, 6.45) is 1.26. The molecule has 8 heteroatoms. The van der Waals surface area contributed by atoms with E-state index in [0.29, 0.717) is 27.8 Å². The Labute approximate surface area is 166 Å². The van der Waals surface area contributed by atoms with Gasteiger partial charge in [0, 0.05) is 16.8 Å². The second-order valence-electron chi connectivity index (χ2n) is 5.87. The molecule has 0 bridgehead atoms. The zero-order valence-corrected chi connectivity index (χ0v) is 15.9. The van der Waals surface area contributed by atoms with Crippen molar-refractivity contribution in [1.29, 1.82) is 0 Å². The fourth-order valence-corrected chi connectivity index (χ4v) is 2.61. The largest absolute Gasteiger partial charge is 0.465 e. The number of esters is 1. The average molecular weight is 397 g/mol. The Morgan fingerprint density at radius 3 is 2.61 bits per heavy atom. The van der Waals surface area contributed by atoms with E-state index in [1.807, 2.05) is 13.0 Å². The van der Waals surface area contributed by atoms with E-state index in [4.69, 9.17) is 16.3 Å². The summed E-state index contributed by atoms with van der Waals surface area (Å²) < 4.78 is 4.77. The summed E-state index contributed by atoms with van der Waals surface area (Å²) in [7, 11) is 1.31. The van der Waals surface area contributed by atoms with Crippen LogP contribution in [0.1, 0.15) is 26.4 Å². The number of ether oxygens (including phenoxy) is 1. The van der Waals surface area contributed by atoms with E-state index in [0.717, 1.165) is 5.56 Å². The van der Waals surface area contributed by atoms with Gasteiger partial charge in [0.25, 0.3) is 5.91 Å². The Morgan fingerprint density at radius 2 is 1.86 bits per heavy atom. The minimum atomic E-state index is -0.480. The molecule has 1 heterocycles. The Hall–Kier alpha value is -3.45. The molecule has 0 spiro atoms. The van der Waals surface area contributed by atoms with Crippen molar-refractivity contribution >= 4 is 40.7 Å². The number of methoxy groups -OCH3 is 1. The van der Waals surface area contributed by atoms with Crippen LogP contribution in [0.3, 0.4) is 0 Å². The SMILES string of the molecule is COC(=O)c1ccccc1Nc1cc(C(=O)Nc2ccc(C)c(Cl)c2)ncn1. The van der Waals surface area contributed by atoms with Gasteiger partial charge in [-0.2, -0.15) is 0 Å². The van der Waals surface area contributed by atoms with Gasteiger partial charge < -0.3 is 15.4 Å². The molecule has 0 aliphatic rings. The number of carbonyl (C=O) groups is 2. The monoisotopic (exact) mass is 396 g/mol. The molecule has 1 amide bonds. The predicted octanol–water partition coefficient (Wildman–Crippen LogP) is 4.22. The molecule has 3 rings (SSSR count). The number of aryl methyl sites for hydroxylation is 1. The lowest BCUT2D eigenvalue weighted by atomic mass is 10.2. The van der Waals surface area contributed by atoms with Gasteiger partial charge in [0.15, 0.2) is 0 Å². The number of nitrogens with one attached hydrogen (secondary N) is 2. The third-order valence-electron chi connectivity index (χ3n) is 3.92. The van der Waals surface area contributed by atoms with Crippen molar-refractivity contribution in [2.75, 3.05) is 17.7 Å². The molecule has 28 heavy (non-hydrogen) atoms. The van der Waals surface area contributed by atoms with Crippen LogP contribution in [0.4, 0.5) is 17.2 Å². The molecule has 2 N–H and O–H groups in total. The van der Waals surface area contributed by atoms with E-state index < -0.39 is 11.9 Å². The quantitative estimate of drug-likeness (QED) is 0.627. The number of halogens is 1. The lowest BCUT2D eigenvalue weighted by Gasteiger charge is -2.11. The number of nitrogens with zero attached hydrogens (tertiary/aromatic N) is 2. The van der Waals surface area contributed by atoms with E-state index in [9.17, 15) is 9.59 Å². The number of aromatic nitrogens is 2. The number of hydrogen-bond donors (Lipinski definition) is 2. The third-order valence-corrected chi connectivity index (χ3v) is 4.33. The molecule has 0 saturated heterocycles. The summed E-state index contributed by atoms with van der Waals surface area (Å²) in [4.78, 5) is 32.5. The summed E-state index contributed by atoms with van der Waals surface area (Å²) in [5, 5.41) is 6.31. The molecule has 2 aromatic carbocycles. The van der Waals surface area contributed by atoms with Crippen molar-refractivity contribution in [3.05, 3.63) is 76.7 Å². The molecule has 142 valence electrons. The van der Waals surface area contributed by atoms with Gasteiger partial charge in [0.2, 0.25) is 0 Å². The topological polar surface area (TPSA) is 93.2 Å². The molecular weight excluding hydrogens is 380 g/mol. The zero-order chi connectivity index (χ0) is 20.1. The Bertz CT molecular complexity index is 1040. The fourth-order valence-electron chi connectivity index (χ4n) is 2.43. The van der Waals surface area contributed by atoms with Gasteiger partial charge in [-0.25, -0.2) is 14.8 Å². The standard InChI is InChI=1S/C20H17ClN4O3/c1-12-7-8-13(9-15(12)21)24-19(26)17-10-18(23-11-22-17)25-16-6-4-3-5-14(16)20(27)28-2/h3-11H,1-2H3,(H,24,26)(H,22,23,25). The van der Waals surface area contributed by atoms with Crippen LogP contribution in [0.25, 0.3) is 0 Å². The van der Waals surface area contributed by atoms with Crippen LogP contribution < -0.4 is 10.6 Å².